The first-order valence-electron chi connectivity index (χ1n) is 9.90. The van der Waals surface area contributed by atoms with Crippen LogP contribution in [0.5, 0.6) is 0 Å². The van der Waals surface area contributed by atoms with Gasteiger partial charge in [0.1, 0.15) is 17.8 Å². The summed E-state index contributed by atoms with van der Waals surface area (Å²) in [6.07, 6.45) is 1.45. The largest absolute Gasteiger partial charge is 0.368 e. The lowest BCUT2D eigenvalue weighted by atomic mass is 10.1. The summed E-state index contributed by atoms with van der Waals surface area (Å²) < 4.78 is 0. The van der Waals surface area contributed by atoms with Gasteiger partial charge in [-0.25, -0.2) is 9.97 Å². The van der Waals surface area contributed by atoms with Crippen LogP contribution in [0.15, 0.2) is 67.0 Å². The molecule has 1 aromatic heterocycles. The maximum absolute atomic E-state index is 12.9. The third kappa shape index (κ3) is 4.71. The number of benzene rings is 2. The number of nitrogens with one attached hydrogen (secondary N) is 1. The molecule has 29 heavy (non-hydrogen) atoms. The molecule has 2 aromatic carbocycles. The van der Waals surface area contributed by atoms with Crippen molar-refractivity contribution in [1.29, 1.82) is 0 Å². The van der Waals surface area contributed by atoms with Crippen LogP contribution in [0.25, 0.3) is 0 Å². The fourth-order valence-corrected chi connectivity index (χ4v) is 3.44. The zero-order chi connectivity index (χ0) is 20.1. The topological polar surface area (TPSA) is 61.4 Å². The summed E-state index contributed by atoms with van der Waals surface area (Å²) >= 11 is 0. The number of para-hydroxylation sites is 1. The van der Waals surface area contributed by atoms with Gasteiger partial charge in [0.05, 0.1) is 0 Å². The lowest BCUT2D eigenvalue weighted by molar-refractivity contribution is 0.0740. The molecule has 0 spiro atoms. The summed E-state index contributed by atoms with van der Waals surface area (Å²) in [5, 5.41) is 3.28. The van der Waals surface area contributed by atoms with E-state index in [1.54, 1.807) is 6.07 Å². The van der Waals surface area contributed by atoms with Crippen LogP contribution in [-0.2, 0) is 6.54 Å². The quantitative estimate of drug-likeness (QED) is 0.727. The molecule has 0 saturated carbocycles. The number of aromatic nitrogens is 2. The minimum atomic E-state index is -0.0431. The second kappa shape index (κ2) is 8.73. The van der Waals surface area contributed by atoms with Crippen LogP contribution in [0.1, 0.15) is 21.6 Å². The fourth-order valence-electron chi connectivity index (χ4n) is 3.44. The minimum absolute atomic E-state index is 0.0431. The van der Waals surface area contributed by atoms with Gasteiger partial charge in [0.2, 0.25) is 0 Å². The van der Waals surface area contributed by atoms with Crippen molar-refractivity contribution in [3.05, 3.63) is 83.8 Å². The number of nitrogens with zero attached hydrogens (tertiary/aromatic N) is 4. The van der Waals surface area contributed by atoms with Crippen LogP contribution in [0.4, 0.5) is 11.5 Å². The second-order valence-corrected chi connectivity index (χ2v) is 7.24. The number of piperazine rings is 1. The van der Waals surface area contributed by atoms with Crippen LogP contribution < -0.4 is 10.2 Å². The highest BCUT2D eigenvalue weighted by Gasteiger charge is 2.23. The highest BCUT2D eigenvalue weighted by molar-refractivity contribution is 5.93. The highest BCUT2D eigenvalue weighted by Crippen LogP contribution is 2.17. The molecule has 1 aliphatic heterocycles. The van der Waals surface area contributed by atoms with Gasteiger partial charge in [0, 0.05) is 44.5 Å². The van der Waals surface area contributed by atoms with E-state index in [4.69, 9.17) is 0 Å². The van der Waals surface area contributed by atoms with Gasteiger partial charge in [-0.15, -0.1) is 0 Å². The Labute approximate surface area is 171 Å². The van der Waals surface area contributed by atoms with Crippen molar-refractivity contribution >= 4 is 17.4 Å². The Morgan fingerprint density at radius 2 is 1.69 bits per heavy atom. The van der Waals surface area contributed by atoms with Gasteiger partial charge >= 0.3 is 0 Å². The van der Waals surface area contributed by atoms with E-state index in [0.717, 1.165) is 13.1 Å². The van der Waals surface area contributed by atoms with Crippen LogP contribution in [0.3, 0.4) is 0 Å². The lowest BCUT2D eigenvalue weighted by Crippen LogP contribution is -2.49. The molecule has 0 bridgehead atoms. The van der Waals surface area contributed by atoms with E-state index < -0.39 is 0 Å². The Bertz CT molecular complexity index is 951. The first kappa shape index (κ1) is 18.9. The van der Waals surface area contributed by atoms with Crippen LogP contribution in [0, 0.1) is 6.92 Å². The molecule has 1 aliphatic rings. The van der Waals surface area contributed by atoms with Crippen molar-refractivity contribution in [3.8, 4) is 0 Å². The molecule has 0 unspecified atom stereocenters. The van der Waals surface area contributed by atoms with Crippen molar-refractivity contribution in [3.63, 3.8) is 0 Å². The Kier molecular flexibility index (Phi) is 5.70. The molecule has 3 aromatic rings. The smallest absolute Gasteiger partial charge is 0.272 e. The van der Waals surface area contributed by atoms with E-state index in [1.165, 1.54) is 23.1 Å². The molecule has 0 radical (unpaired) electrons. The van der Waals surface area contributed by atoms with Crippen LogP contribution >= 0.6 is 0 Å². The van der Waals surface area contributed by atoms with Crippen LogP contribution in [0.2, 0.25) is 0 Å². The first-order valence-corrected chi connectivity index (χ1v) is 9.90. The molecule has 2 heterocycles. The van der Waals surface area contributed by atoms with E-state index in [2.05, 4.69) is 63.5 Å². The first-order chi connectivity index (χ1) is 14.2. The number of aryl methyl sites for hydroxylation is 1. The summed E-state index contributed by atoms with van der Waals surface area (Å²) in [6, 6.07) is 20.4. The number of hydrogen-bond acceptors (Lipinski definition) is 5. The van der Waals surface area contributed by atoms with Gasteiger partial charge in [-0.3, -0.25) is 4.79 Å². The summed E-state index contributed by atoms with van der Waals surface area (Å²) in [4.78, 5) is 25.5. The fraction of sp³-hybridized carbons (Fsp3) is 0.261. The molecule has 0 atom stereocenters. The maximum atomic E-state index is 12.9. The molecule has 1 N–H and O–H groups in total. The Hall–Kier alpha value is -3.41. The van der Waals surface area contributed by atoms with Crippen molar-refractivity contribution in [1.82, 2.24) is 14.9 Å². The van der Waals surface area contributed by atoms with Crippen molar-refractivity contribution in [2.45, 2.75) is 13.5 Å². The number of carbonyl (C=O) groups is 1. The van der Waals surface area contributed by atoms with Gasteiger partial charge in [0.15, 0.2) is 0 Å². The summed E-state index contributed by atoms with van der Waals surface area (Å²) in [5.41, 5.74) is 4.03. The number of carbonyl (C=O) groups excluding carboxylic acids is 1. The summed E-state index contributed by atoms with van der Waals surface area (Å²) in [6.45, 7) is 5.73. The van der Waals surface area contributed by atoms with E-state index in [1.807, 2.05) is 23.1 Å². The monoisotopic (exact) mass is 387 g/mol. The van der Waals surface area contributed by atoms with Gasteiger partial charge in [-0.2, -0.15) is 0 Å². The molecule has 6 nitrogen and oxygen atoms in total. The van der Waals surface area contributed by atoms with Crippen LogP contribution in [-0.4, -0.2) is 47.0 Å². The average molecular weight is 387 g/mol. The molecular formula is C23H25N5O. The van der Waals surface area contributed by atoms with E-state index >= 15 is 0 Å². The van der Waals surface area contributed by atoms with Crippen molar-refractivity contribution < 1.29 is 4.79 Å². The summed E-state index contributed by atoms with van der Waals surface area (Å²) in [7, 11) is 0. The third-order valence-corrected chi connectivity index (χ3v) is 5.17. The van der Waals surface area contributed by atoms with E-state index in [0.29, 0.717) is 31.1 Å². The van der Waals surface area contributed by atoms with Gasteiger partial charge in [0.25, 0.3) is 5.91 Å². The molecule has 1 fully saturated rings. The molecular weight excluding hydrogens is 362 g/mol. The normalized spacial score (nSPS) is 14.0. The molecule has 4 rings (SSSR count). The molecule has 148 valence electrons. The molecule has 1 amide bonds. The zero-order valence-corrected chi connectivity index (χ0v) is 16.6. The SMILES string of the molecule is Cc1ccc(CNc2cc(C(=O)N3CCN(c4ccccc4)CC3)ncn2)cc1. The molecule has 0 aliphatic carbocycles. The van der Waals surface area contributed by atoms with E-state index in [-0.39, 0.29) is 5.91 Å². The minimum Gasteiger partial charge on any atom is -0.368 e. The van der Waals surface area contributed by atoms with Gasteiger partial charge in [-0.05, 0) is 24.6 Å². The lowest BCUT2D eigenvalue weighted by Gasteiger charge is -2.36. The number of anilines is 2. The van der Waals surface area contributed by atoms with Crippen molar-refractivity contribution in [2.75, 3.05) is 36.4 Å². The zero-order valence-electron chi connectivity index (χ0n) is 16.6. The van der Waals surface area contributed by atoms with E-state index in [9.17, 15) is 4.79 Å². The predicted octanol–water partition coefficient (Wildman–Crippen LogP) is 3.36. The highest BCUT2D eigenvalue weighted by atomic mass is 16.2. The second-order valence-electron chi connectivity index (χ2n) is 7.24. The third-order valence-electron chi connectivity index (χ3n) is 5.17. The Balaban J connectivity index is 1.35. The summed E-state index contributed by atoms with van der Waals surface area (Å²) in [5.74, 6) is 0.616. The Morgan fingerprint density at radius 3 is 2.41 bits per heavy atom. The van der Waals surface area contributed by atoms with Crippen molar-refractivity contribution in [2.24, 2.45) is 0 Å². The van der Waals surface area contributed by atoms with Gasteiger partial charge in [-0.1, -0.05) is 48.0 Å². The number of rotatable bonds is 5. The standard InChI is InChI=1S/C23H25N5O/c1-18-7-9-19(10-8-18)16-24-22-15-21(25-17-26-22)23(29)28-13-11-27(12-14-28)20-5-3-2-4-6-20/h2-10,15,17H,11-14,16H2,1H3,(H,24,25,26). The Morgan fingerprint density at radius 1 is 0.966 bits per heavy atom. The molecule has 1 saturated heterocycles. The predicted molar refractivity (Wildman–Crippen MR) is 115 cm³/mol. The van der Waals surface area contributed by atoms with Gasteiger partial charge < -0.3 is 15.1 Å². The number of amides is 1. The maximum Gasteiger partial charge on any atom is 0.272 e. The average Bonchev–Trinajstić information content (AvgIpc) is 2.79. The molecule has 6 heteroatoms. The number of hydrogen-bond donors (Lipinski definition) is 1.